The molecule has 2 aliphatic rings. The molecule has 11 heteroatoms. The molecule has 9 nitrogen and oxygen atoms in total. The highest BCUT2D eigenvalue weighted by molar-refractivity contribution is 7.89. The number of carbonyl (C=O) groups is 3. The summed E-state index contributed by atoms with van der Waals surface area (Å²) < 4.78 is 40.1. The van der Waals surface area contributed by atoms with Crippen LogP contribution < -0.4 is 10.4 Å². The van der Waals surface area contributed by atoms with E-state index in [4.69, 9.17) is 0 Å². The Balaban J connectivity index is 1.40. The number of halogens is 1. The predicted molar refractivity (Wildman–Crippen MR) is 112 cm³/mol. The zero-order chi connectivity index (χ0) is 22.9. The van der Waals surface area contributed by atoms with E-state index in [1.165, 1.54) is 22.5 Å². The maximum absolute atomic E-state index is 13.4. The SMILES string of the molecule is O=C1CCC(=O)N(c2ccc(C(=O)N3CCN(S(=O)(=O)c4cccc(F)c4)CC3)cc2)N1. The molecule has 2 heterocycles. The van der Waals surface area contributed by atoms with Crippen molar-refractivity contribution in [3.63, 3.8) is 0 Å². The van der Waals surface area contributed by atoms with Gasteiger partial charge in [0.15, 0.2) is 0 Å². The summed E-state index contributed by atoms with van der Waals surface area (Å²) in [5.41, 5.74) is 3.32. The monoisotopic (exact) mass is 460 g/mol. The van der Waals surface area contributed by atoms with Gasteiger partial charge in [0.2, 0.25) is 21.8 Å². The van der Waals surface area contributed by atoms with Crippen LogP contribution in [-0.4, -0.2) is 61.5 Å². The lowest BCUT2D eigenvalue weighted by molar-refractivity contribution is -0.130. The van der Waals surface area contributed by atoms with Gasteiger partial charge in [-0.15, -0.1) is 0 Å². The van der Waals surface area contributed by atoms with E-state index in [-0.39, 0.29) is 61.6 Å². The molecule has 0 atom stereocenters. The molecule has 2 fully saturated rings. The summed E-state index contributed by atoms with van der Waals surface area (Å²) >= 11 is 0. The second kappa shape index (κ2) is 8.67. The van der Waals surface area contributed by atoms with Gasteiger partial charge < -0.3 is 4.90 Å². The summed E-state index contributed by atoms with van der Waals surface area (Å²) in [5.74, 6) is -1.39. The molecule has 2 aliphatic heterocycles. The number of hydrogen-bond donors (Lipinski definition) is 1. The Morgan fingerprint density at radius 3 is 2.28 bits per heavy atom. The molecule has 0 radical (unpaired) electrons. The summed E-state index contributed by atoms with van der Waals surface area (Å²) in [4.78, 5) is 37.8. The van der Waals surface area contributed by atoms with Crippen molar-refractivity contribution in [1.29, 1.82) is 0 Å². The molecule has 0 saturated carbocycles. The molecule has 0 bridgehead atoms. The molecular formula is C21H21FN4O5S. The van der Waals surface area contributed by atoms with Crippen molar-refractivity contribution in [2.75, 3.05) is 31.2 Å². The quantitative estimate of drug-likeness (QED) is 0.736. The lowest BCUT2D eigenvalue weighted by Gasteiger charge is -2.34. The van der Waals surface area contributed by atoms with Crippen molar-refractivity contribution in [2.45, 2.75) is 17.7 Å². The third kappa shape index (κ3) is 4.34. The topological polar surface area (TPSA) is 107 Å². The third-order valence-electron chi connectivity index (χ3n) is 5.38. The molecule has 4 rings (SSSR count). The molecule has 0 spiro atoms. The van der Waals surface area contributed by atoms with Gasteiger partial charge >= 0.3 is 0 Å². The minimum atomic E-state index is -3.84. The van der Waals surface area contributed by atoms with Crippen molar-refractivity contribution >= 4 is 33.4 Å². The lowest BCUT2D eigenvalue weighted by Crippen LogP contribution is -2.51. The van der Waals surface area contributed by atoms with Crippen LogP contribution in [0.25, 0.3) is 0 Å². The second-order valence-corrected chi connectivity index (χ2v) is 9.40. The summed E-state index contributed by atoms with van der Waals surface area (Å²) in [6.07, 6.45) is 0.266. The highest BCUT2D eigenvalue weighted by atomic mass is 32.2. The smallest absolute Gasteiger partial charge is 0.253 e. The Bertz CT molecular complexity index is 1160. The van der Waals surface area contributed by atoms with E-state index >= 15 is 0 Å². The number of sulfonamides is 1. The summed E-state index contributed by atoms with van der Waals surface area (Å²) in [7, 11) is -3.84. The number of piperazine rings is 1. The van der Waals surface area contributed by atoms with Crippen LogP contribution in [0.5, 0.6) is 0 Å². The van der Waals surface area contributed by atoms with E-state index in [0.717, 1.165) is 11.1 Å². The molecule has 2 aromatic rings. The lowest BCUT2D eigenvalue weighted by atomic mass is 10.1. The van der Waals surface area contributed by atoms with Gasteiger partial charge in [0.25, 0.3) is 5.91 Å². The number of hydrazine groups is 1. The Morgan fingerprint density at radius 2 is 1.62 bits per heavy atom. The Morgan fingerprint density at radius 1 is 0.938 bits per heavy atom. The van der Waals surface area contributed by atoms with E-state index in [1.54, 1.807) is 29.2 Å². The largest absolute Gasteiger partial charge is 0.336 e. The third-order valence-corrected chi connectivity index (χ3v) is 7.28. The molecule has 3 amide bonds. The molecule has 0 aliphatic carbocycles. The molecule has 0 aromatic heterocycles. The molecule has 2 saturated heterocycles. The van der Waals surface area contributed by atoms with Gasteiger partial charge in [-0.25, -0.2) is 17.8 Å². The maximum atomic E-state index is 13.4. The number of nitrogens with one attached hydrogen (secondary N) is 1. The van der Waals surface area contributed by atoms with E-state index in [0.29, 0.717) is 11.3 Å². The first-order chi connectivity index (χ1) is 15.3. The highest BCUT2D eigenvalue weighted by Gasteiger charge is 2.31. The summed E-state index contributed by atoms with van der Waals surface area (Å²) in [5, 5.41) is 1.16. The fraction of sp³-hybridized carbons (Fsp3) is 0.286. The van der Waals surface area contributed by atoms with Crippen LogP contribution in [0.4, 0.5) is 10.1 Å². The fourth-order valence-corrected chi connectivity index (χ4v) is 5.08. The molecule has 2 aromatic carbocycles. The Labute approximate surface area is 184 Å². The zero-order valence-electron chi connectivity index (χ0n) is 17.0. The average molecular weight is 460 g/mol. The predicted octanol–water partition coefficient (Wildman–Crippen LogP) is 1.13. The highest BCUT2D eigenvalue weighted by Crippen LogP contribution is 2.21. The van der Waals surface area contributed by atoms with Crippen LogP contribution in [0.3, 0.4) is 0 Å². The van der Waals surface area contributed by atoms with Crippen molar-refractivity contribution in [1.82, 2.24) is 14.6 Å². The zero-order valence-corrected chi connectivity index (χ0v) is 17.8. The number of rotatable bonds is 4. The van der Waals surface area contributed by atoms with Gasteiger partial charge in [0.05, 0.1) is 10.6 Å². The summed E-state index contributed by atoms with van der Waals surface area (Å²) in [6, 6.07) is 11.1. The molecule has 0 unspecified atom stereocenters. The van der Waals surface area contributed by atoms with Gasteiger partial charge in [0.1, 0.15) is 5.82 Å². The number of anilines is 1. The number of carbonyl (C=O) groups excluding carboxylic acids is 3. The normalized spacial score (nSPS) is 17.9. The number of hydrogen-bond acceptors (Lipinski definition) is 5. The van der Waals surface area contributed by atoms with Crippen LogP contribution in [0.15, 0.2) is 53.4 Å². The van der Waals surface area contributed by atoms with Crippen molar-refractivity contribution in [2.24, 2.45) is 0 Å². The van der Waals surface area contributed by atoms with Gasteiger partial charge in [-0.3, -0.25) is 19.8 Å². The Hall–Kier alpha value is -3.31. The van der Waals surface area contributed by atoms with E-state index in [1.807, 2.05) is 0 Å². The van der Waals surface area contributed by atoms with E-state index < -0.39 is 15.8 Å². The second-order valence-electron chi connectivity index (χ2n) is 7.46. The standard InChI is InChI=1S/C21H21FN4O5S/c22-16-2-1-3-18(14-16)32(30,31)25-12-10-24(11-13-25)21(29)15-4-6-17(7-5-15)26-20(28)9-8-19(27)23-26/h1-7,14H,8-13H2,(H,23,27). The van der Waals surface area contributed by atoms with Crippen LogP contribution in [0, 0.1) is 5.82 Å². The minimum Gasteiger partial charge on any atom is -0.336 e. The van der Waals surface area contributed by atoms with Gasteiger partial charge in [-0.1, -0.05) is 6.07 Å². The van der Waals surface area contributed by atoms with Gasteiger partial charge in [-0.2, -0.15) is 4.31 Å². The maximum Gasteiger partial charge on any atom is 0.253 e. The Kier molecular flexibility index (Phi) is 5.94. The van der Waals surface area contributed by atoms with E-state index in [9.17, 15) is 27.2 Å². The number of nitrogens with zero attached hydrogens (tertiary/aromatic N) is 3. The number of amides is 3. The minimum absolute atomic E-state index is 0.0942. The van der Waals surface area contributed by atoms with Crippen LogP contribution in [0.2, 0.25) is 0 Å². The summed E-state index contributed by atoms with van der Waals surface area (Å²) in [6.45, 7) is 0.569. The molecule has 32 heavy (non-hydrogen) atoms. The average Bonchev–Trinajstić information content (AvgIpc) is 2.80. The van der Waals surface area contributed by atoms with Gasteiger partial charge in [-0.05, 0) is 42.5 Å². The van der Waals surface area contributed by atoms with Crippen molar-refractivity contribution < 1.29 is 27.2 Å². The van der Waals surface area contributed by atoms with Gasteiger partial charge in [0, 0.05) is 44.6 Å². The fourth-order valence-electron chi connectivity index (χ4n) is 3.63. The van der Waals surface area contributed by atoms with Crippen molar-refractivity contribution in [3.05, 3.63) is 59.9 Å². The molecule has 168 valence electrons. The van der Waals surface area contributed by atoms with Crippen LogP contribution in [-0.2, 0) is 19.6 Å². The first-order valence-corrected chi connectivity index (χ1v) is 11.5. The van der Waals surface area contributed by atoms with Crippen molar-refractivity contribution in [3.8, 4) is 0 Å². The first-order valence-electron chi connectivity index (χ1n) is 10.0. The van der Waals surface area contributed by atoms with E-state index in [2.05, 4.69) is 5.43 Å². The molecular weight excluding hydrogens is 439 g/mol. The first kappa shape index (κ1) is 21.9. The van der Waals surface area contributed by atoms with Crippen LogP contribution >= 0.6 is 0 Å². The molecule has 1 N–H and O–H groups in total. The number of benzene rings is 2. The van der Waals surface area contributed by atoms with Crippen LogP contribution in [0.1, 0.15) is 23.2 Å².